The van der Waals surface area contributed by atoms with Crippen LogP contribution in [0.1, 0.15) is 12.5 Å². The lowest BCUT2D eigenvalue weighted by Gasteiger charge is -2.15. The van der Waals surface area contributed by atoms with Crippen LogP contribution in [-0.4, -0.2) is 20.1 Å². The van der Waals surface area contributed by atoms with Crippen LogP contribution in [0, 0.1) is 5.92 Å². The van der Waals surface area contributed by atoms with Crippen LogP contribution in [0.25, 0.3) is 0 Å². The lowest BCUT2D eigenvalue weighted by molar-refractivity contribution is -0.119. The average Bonchev–Trinajstić information content (AvgIpc) is 2.58. The van der Waals surface area contributed by atoms with Crippen molar-refractivity contribution in [3.8, 4) is 11.5 Å². The van der Waals surface area contributed by atoms with Crippen molar-refractivity contribution >= 4 is 34.8 Å². The minimum atomic E-state index is -0.252. The SMILES string of the molecule is COc1ccc(CC(C)C(=O)Nc2cccc(Cl)c2Cl)cc1OC. The van der Waals surface area contributed by atoms with Crippen LogP contribution in [0.3, 0.4) is 0 Å². The third kappa shape index (κ3) is 4.34. The highest BCUT2D eigenvalue weighted by Crippen LogP contribution is 2.31. The summed E-state index contributed by atoms with van der Waals surface area (Å²) in [5.74, 6) is 0.914. The van der Waals surface area contributed by atoms with Crippen molar-refractivity contribution in [2.45, 2.75) is 13.3 Å². The first kappa shape index (κ1) is 18.4. The van der Waals surface area contributed by atoms with Gasteiger partial charge in [0.1, 0.15) is 0 Å². The summed E-state index contributed by atoms with van der Waals surface area (Å²) in [6, 6.07) is 10.7. The number of anilines is 1. The summed E-state index contributed by atoms with van der Waals surface area (Å²) in [6.45, 7) is 1.85. The van der Waals surface area contributed by atoms with Crippen LogP contribution in [0.4, 0.5) is 5.69 Å². The second-order valence-electron chi connectivity index (χ2n) is 5.39. The third-order valence-electron chi connectivity index (χ3n) is 3.65. The van der Waals surface area contributed by atoms with Crippen molar-refractivity contribution < 1.29 is 14.3 Å². The Balaban J connectivity index is 2.07. The molecule has 0 heterocycles. The van der Waals surface area contributed by atoms with E-state index in [1.54, 1.807) is 32.4 Å². The molecule has 0 saturated carbocycles. The highest BCUT2D eigenvalue weighted by atomic mass is 35.5. The Morgan fingerprint density at radius 3 is 2.50 bits per heavy atom. The molecular formula is C18H19Cl2NO3. The first-order valence-corrected chi connectivity index (χ1v) is 8.17. The molecule has 1 N–H and O–H groups in total. The Kier molecular flexibility index (Phi) is 6.35. The van der Waals surface area contributed by atoms with Gasteiger partial charge < -0.3 is 14.8 Å². The molecule has 128 valence electrons. The molecular weight excluding hydrogens is 349 g/mol. The summed E-state index contributed by atoms with van der Waals surface area (Å²) in [5, 5.41) is 3.55. The second kappa shape index (κ2) is 8.27. The highest BCUT2D eigenvalue weighted by Gasteiger charge is 2.17. The molecule has 1 amide bonds. The number of ether oxygens (including phenoxy) is 2. The van der Waals surface area contributed by atoms with Crippen molar-refractivity contribution in [1.29, 1.82) is 0 Å². The topological polar surface area (TPSA) is 47.6 Å². The summed E-state index contributed by atoms with van der Waals surface area (Å²) in [7, 11) is 3.17. The smallest absolute Gasteiger partial charge is 0.227 e. The number of benzene rings is 2. The van der Waals surface area contributed by atoms with Gasteiger partial charge in [-0.2, -0.15) is 0 Å². The van der Waals surface area contributed by atoms with Gasteiger partial charge in [-0.25, -0.2) is 0 Å². The Morgan fingerprint density at radius 2 is 1.83 bits per heavy atom. The number of rotatable bonds is 6. The molecule has 2 aromatic rings. The molecule has 1 atom stereocenters. The maximum Gasteiger partial charge on any atom is 0.227 e. The number of hydrogen-bond acceptors (Lipinski definition) is 3. The molecule has 2 rings (SSSR count). The van der Waals surface area contributed by atoms with Crippen molar-refractivity contribution in [2.75, 3.05) is 19.5 Å². The summed E-state index contributed by atoms with van der Waals surface area (Å²) in [4.78, 5) is 12.4. The summed E-state index contributed by atoms with van der Waals surface area (Å²) < 4.78 is 10.5. The van der Waals surface area contributed by atoms with Gasteiger partial charge >= 0.3 is 0 Å². The van der Waals surface area contributed by atoms with Crippen LogP contribution in [0.5, 0.6) is 11.5 Å². The Labute approximate surface area is 151 Å². The van der Waals surface area contributed by atoms with E-state index in [1.807, 2.05) is 25.1 Å². The molecule has 0 aliphatic rings. The van der Waals surface area contributed by atoms with E-state index in [9.17, 15) is 4.79 Å². The van der Waals surface area contributed by atoms with Crippen LogP contribution in [0.15, 0.2) is 36.4 Å². The van der Waals surface area contributed by atoms with Gasteiger partial charge in [0, 0.05) is 5.92 Å². The molecule has 0 bridgehead atoms. The zero-order valence-electron chi connectivity index (χ0n) is 13.7. The van der Waals surface area contributed by atoms with Gasteiger partial charge in [0.05, 0.1) is 30.0 Å². The third-order valence-corrected chi connectivity index (χ3v) is 4.47. The Hall–Kier alpha value is -1.91. The first-order chi connectivity index (χ1) is 11.5. The lowest BCUT2D eigenvalue weighted by atomic mass is 10.00. The van der Waals surface area contributed by atoms with E-state index in [4.69, 9.17) is 32.7 Å². The van der Waals surface area contributed by atoms with E-state index >= 15 is 0 Å². The quantitative estimate of drug-likeness (QED) is 0.795. The normalized spacial score (nSPS) is 11.7. The summed E-state index contributed by atoms with van der Waals surface area (Å²) in [5.41, 5.74) is 1.49. The van der Waals surface area contributed by atoms with Gasteiger partial charge in [-0.15, -0.1) is 0 Å². The van der Waals surface area contributed by atoms with Crippen molar-refractivity contribution in [3.63, 3.8) is 0 Å². The molecule has 2 aromatic carbocycles. The summed E-state index contributed by atoms with van der Waals surface area (Å²) >= 11 is 12.1. The van der Waals surface area contributed by atoms with Crippen molar-refractivity contribution in [1.82, 2.24) is 0 Å². The fraction of sp³-hybridized carbons (Fsp3) is 0.278. The van der Waals surface area contributed by atoms with Crippen molar-refractivity contribution in [2.24, 2.45) is 5.92 Å². The van der Waals surface area contributed by atoms with E-state index in [0.717, 1.165) is 5.56 Å². The number of nitrogens with one attached hydrogen (secondary N) is 1. The van der Waals surface area contributed by atoms with Gasteiger partial charge in [0.2, 0.25) is 5.91 Å². The highest BCUT2D eigenvalue weighted by molar-refractivity contribution is 6.44. The zero-order valence-corrected chi connectivity index (χ0v) is 15.2. The lowest BCUT2D eigenvalue weighted by Crippen LogP contribution is -2.22. The molecule has 1 unspecified atom stereocenters. The number of amides is 1. The van der Waals surface area contributed by atoms with E-state index in [0.29, 0.717) is 33.7 Å². The summed E-state index contributed by atoms with van der Waals surface area (Å²) in [6.07, 6.45) is 0.560. The minimum absolute atomic E-state index is 0.131. The van der Waals surface area contributed by atoms with Crippen molar-refractivity contribution in [3.05, 3.63) is 52.0 Å². The standard InChI is InChI=1S/C18H19Cl2NO3/c1-11(9-12-7-8-15(23-2)16(10-12)24-3)18(22)21-14-6-4-5-13(19)17(14)20/h4-8,10-11H,9H2,1-3H3,(H,21,22). The maximum atomic E-state index is 12.4. The molecule has 0 spiro atoms. The number of carbonyl (C=O) groups excluding carboxylic acids is 1. The monoisotopic (exact) mass is 367 g/mol. The van der Waals surface area contributed by atoms with E-state index < -0.39 is 0 Å². The molecule has 0 aromatic heterocycles. The van der Waals surface area contributed by atoms with Gasteiger partial charge in [0.15, 0.2) is 11.5 Å². The van der Waals surface area contributed by atoms with E-state index in [-0.39, 0.29) is 11.8 Å². The largest absolute Gasteiger partial charge is 0.493 e. The van der Waals surface area contributed by atoms with Gasteiger partial charge in [-0.1, -0.05) is 42.3 Å². The van der Waals surface area contributed by atoms with E-state index in [2.05, 4.69) is 5.32 Å². The molecule has 4 nitrogen and oxygen atoms in total. The average molecular weight is 368 g/mol. The molecule has 24 heavy (non-hydrogen) atoms. The number of carbonyl (C=O) groups is 1. The second-order valence-corrected chi connectivity index (χ2v) is 6.17. The van der Waals surface area contributed by atoms with Crippen LogP contribution >= 0.6 is 23.2 Å². The molecule has 0 saturated heterocycles. The number of methoxy groups -OCH3 is 2. The fourth-order valence-corrected chi connectivity index (χ4v) is 2.66. The number of hydrogen-bond donors (Lipinski definition) is 1. The first-order valence-electron chi connectivity index (χ1n) is 7.42. The molecule has 0 radical (unpaired) electrons. The Morgan fingerprint density at radius 1 is 1.12 bits per heavy atom. The minimum Gasteiger partial charge on any atom is -0.493 e. The molecule has 0 fully saturated rings. The van der Waals surface area contributed by atoms with E-state index in [1.165, 1.54) is 0 Å². The van der Waals surface area contributed by atoms with Gasteiger partial charge in [0.25, 0.3) is 0 Å². The van der Waals surface area contributed by atoms with Gasteiger partial charge in [-0.05, 0) is 36.2 Å². The zero-order chi connectivity index (χ0) is 17.7. The molecule has 0 aliphatic carbocycles. The fourth-order valence-electron chi connectivity index (χ4n) is 2.31. The van der Waals surface area contributed by atoms with Gasteiger partial charge in [-0.3, -0.25) is 4.79 Å². The predicted molar refractivity (Wildman–Crippen MR) is 97.5 cm³/mol. The van der Waals surface area contributed by atoms with Crippen LogP contribution in [0.2, 0.25) is 10.0 Å². The predicted octanol–water partition coefficient (Wildman–Crippen LogP) is 4.83. The Bertz CT molecular complexity index is 734. The molecule has 6 heteroatoms. The van der Waals surface area contributed by atoms with Crippen LogP contribution < -0.4 is 14.8 Å². The van der Waals surface area contributed by atoms with Crippen LogP contribution in [-0.2, 0) is 11.2 Å². The molecule has 0 aliphatic heterocycles. The maximum absolute atomic E-state index is 12.4. The number of halogens is 2.